The monoisotopic (exact) mass is 648 g/mol. The van der Waals surface area contributed by atoms with E-state index in [4.69, 9.17) is 11.6 Å². The molecule has 3 heteroatoms. The van der Waals surface area contributed by atoms with Gasteiger partial charge in [0.05, 0.1) is 0 Å². The molecule has 0 bridgehead atoms. The van der Waals surface area contributed by atoms with Gasteiger partial charge in [-0.25, -0.2) is 8.78 Å². The van der Waals surface area contributed by atoms with Crippen LogP contribution in [0.5, 0.6) is 0 Å². The summed E-state index contributed by atoms with van der Waals surface area (Å²) in [5, 5.41) is 0.882. The first kappa shape index (κ1) is 41.1. The van der Waals surface area contributed by atoms with Gasteiger partial charge in [0.15, 0.2) is 0 Å². The highest BCUT2D eigenvalue weighted by atomic mass is 35.5. The molecular weight excluding hydrogens is 590 g/mol. The van der Waals surface area contributed by atoms with Crippen LogP contribution in [0.2, 0.25) is 5.02 Å². The SMILES string of the molecule is CC(C)(C)Cc1ccccc1.CC(C)(C)Cc1ccccc1Cl.CC(C)(C)Cc1ccccc1F.CC(C)(C)c1ccc(F)cc1. The Kier molecular flexibility index (Phi) is 16.4. The van der Waals surface area contributed by atoms with Crippen molar-refractivity contribution in [1.82, 2.24) is 0 Å². The minimum absolute atomic E-state index is 0.0903. The molecule has 0 saturated heterocycles. The molecule has 0 nitrogen and oxygen atoms in total. The molecule has 0 spiro atoms. The van der Waals surface area contributed by atoms with Crippen LogP contribution in [-0.4, -0.2) is 0 Å². The molecule has 0 N–H and O–H groups in total. The van der Waals surface area contributed by atoms with Crippen molar-refractivity contribution in [3.8, 4) is 0 Å². The first-order valence-corrected chi connectivity index (χ1v) is 16.7. The van der Waals surface area contributed by atoms with Gasteiger partial charge in [0.1, 0.15) is 11.6 Å². The zero-order valence-electron chi connectivity index (χ0n) is 30.6. The summed E-state index contributed by atoms with van der Waals surface area (Å²) in [6.07, 6.45) is 2.99. The van der Waals surface area contributed by atoms with Crippen LogP contribution in [0.3, 0.4) is 0 Å². The molecule has 4 aromatic carbocycles. The lowest BCUT2D eigenvalue weighted by molar-refractivity contribution is 0.402. The fraction of sp³-hybridized carbons (Fsp3) is 0.442. The molecule has 0 radical (unpaired) electrons. The highest BCUT2D eigenvalue weighted by Gasteiger charge is 2.14. The summed E-state index contributed by atoms with van der Waals surface area (Å²) in [5.41, 5.74) is 5.64. The average Bonchev–Trinajstić information content (AvgIpc) is 2.90. The average molecular weight is 649 g/mol. The van der Waals surface area contributed by atoms with E-state index in [9.17, 15) is 8.78 Å². The molecule has 0 aliphatic carbocycles. The van der Waals surface area contributed by atoms with Gasteiger partial charge in [-0.15, -0.1) is 0 Å². The largest absolute Gasteiger partial charge is 0.207 e. The van der Waals surface area contributed by atoms with Crippen LogP contribution in [0.15, 0.2) is 103 Å². The summed E-state index contributed by atoms with van der Waals surface area (Å²) in [7, 11) is 0. The Morgan fingerprint density at radius 1 is 0.457 bits per heavy atom. The molecule has 46 heavy (non-hydrogen) atoms. The van der Waals surface area contributed by atoms with Crippen molar-refractivity contribution in [2.24, 2.45) is 16.2 Å². The van der Waals surface area contributed by atoms with Crippen LogP contribution in [0.1, 0.15) is 105 Å². The summed E-state index contributed by atoms with van der Waals surface area (Å²) in [5.74, 6) is -0.259. The zero-order valence-corrected chi connectivity index (χ0v) is 31.3. The molecule has 4 rings (SSSR count). The van der Waals surface area contributed by atoms with Gasteiger partial charge in [-0.3, -0.25) is 0 Å². The second-order valence-electron chi connectivity index (χ2n) is 16.6. The van der Waals surface area contributed by atoms with Gasteiger partial charge >= 0.3 is 0 Å². The first-order chi connectivity index (χ1) is 21.1. The molecule has 0 saturated carbocycles. The second-order valence-corrected chi connectivity index (χ2v) is 17.0. The fourth-order valence-corrected chi connectivity index (χ4v) is 4.79. The minimum Gasteiger partial charge on any atom is -0.207 e. The third-order valence-corrected chi connectivity index (χ3v) is 7.01. The Balaban J connectivity index is 0.000000307. The summed E-state index contributed by atoms with van der Waals surface area (Å²) in [4.78, 5) is 0. The smallest absolute Gasteiger partial charge is 0.126 e. The molecule has 0 aliphatic heterocycles. The van der Waals surface area contributed by atoms with Crippen molar-refractivity contribution in [3.05, 3.63) is 142 Å². The molecule has 0 atom stereocenters. The fourth-order valence-electron chi connectivity index (χ4n) is 4.58. The summed E-state index contributed by atoms with van der Waals surface area (Å²) in [6, 6.07) is 32.3. The van der Waals surface area contributed by atoms with Gasteiger partial charge < -0.3 is 0 Å². The van der Waals surface area contributed by atoms with E-state index in [2.05, 4.69) is 119 Å². The van der Waals surface area contributed by atoms with E-state index in [1.54, 1.807) is 6.07 Å². The third kappa shape index (κ3) is 19.5. The Labute approximate surface area is 285 Å². The van der Waals surface area contributed by atoms with E-state index >= 15 is 0 Å². The van der Waals surface area contributed by atoms with Gasteiger partial charge in [-0.1, -0.05) is 174 Å². The van der Waals surface area contributed by atoms with Gasteiger partial charge in [-0.05, 0) is 87.4 Å². The normalized spacial score (nSPS) is 11.6. The highest BCUT2D eigenvalue weighted by molar-refractivity contribution is 6.31. The lowest BCUT2D eigenvalue weighted by Gasteiger charge is -2.18. The van der Waals surface area contributed by atoms with Gasteiger partial charge in [0.2, 0.25) is 0 Å². The molecule has 0 fully saturated rings. The van der Waals surface area contributed by atoms with Crippen molar-refractivity contribution in [2.45, 2.75) is 108 Å². The van der Waals surface area contributed by atoms with Crippen LogP contribution in [-0.2, 0) is 24.7 Å². The predicted molar refractivity (Wildman–Crippen MR) is 199 cm³/mol. The van der Waals surface area contributed by atoms with Crippen molar-refractivity contribution in [2.75, 3.05) is 0 Å². The molecule has 0 amide bonds. The maximum Gasteiger partial charge on any atom is 0.126 e. The Bertz CT molecular complexity index is 1340. The Morgan fingerprint density at radius 2 is 0.870 bits per heavy atom. The van der Waals surface area contributed by atoms with Crippen LogP contribution in [0.25, 0.3) is 0 Å². The van der Waals surface area contributed by atoms with E-state index in [0.717, 1.165) is 29.8 Å². The number of halogens is 3. The molecule has 0 aromatic heterocycles. The van der Waals surface area contributed by atoms with Gasteiger partial charge in [-0.2, -0.15) is 0 Å². The highest BCUT2D eigenvalue weighted by Crippen LogP contribution is 2.26. The molecule has 4 aromatic rings. The summed E-state index contributed by atoms with van der Waals surface area (Å²) in [6.45, 7) is 26.1. The number of benzene rings is 4. The van der Waals surface area contributed by atoms with Crippen molar-refractivity contribution >= 4 is 11.6 Å². The lowest BCUT2D eigenvalue weighted by atomic mass is 9.87. The van der Waals surface area contributed by atoms with Crippen molar-refractivity contribution in [3.63, 3.8) is 0 Å². The maximum absolute atomic E-state index is 13.1. The molecule has 0 heterocycles. The van der Waals surface area contributed by atoms with E-state index in [0.29, 0.717) is 10.8 Å². The van der Waals surface area contributed by atoms with E-state index in [1.807, 2.05) is 42.5 Å². The standard InChI is InChI=1S/C11H15Cl.C11H15F.C11H16.C10H13F/c2*1-11(2,3)8-9-6-4-5-7-10(9)12;1-11(2,3)9-10-7-5-4-6-8-10;1-10(2,3)8-4-6-9(11)7-5-8/h2*4-7H,8H2,1-3H3;4-8H,9H2,1-3H3;4-7H,1-3H3. The van der Waals surface area contributed by atoms with E-state index in [-0.39, 0.29) is 22.5 Å². The molecular formula is C43H59ClF2. The van der Waals surface area contributed by atoms with Gasteiger partial charge in [0.25, 0.3) is 0 Å². The van der Waals surface area contributed by atoms with E-state index in [1.165, 1.54) is 34.9 Å². The third-order valence-electron chi connectivity index (χ3n) is 6.64. The molecule has 252 valence electrons. The van der Waals surface area contributed by atoms with Crippen LogP contribution in [0.4, 0.5) is 8.78 Å². The molecule has 0 aliphatic rings. The number of hydrogen-bond donors (Lipinski definition) is 0. The van der Waals surface area contributed by atoms with Crippen molar-refractivity contribution in [1.29, 1.82) is 0 Å². The van der Waals surface area contributed by atoms with Crippen LogP contribution < -0.4 is 0 Å². The summed E-state index contributed by atoms with van der Waals surface area (Å²) < 4.78 is 25.6. The van der Waals surface area contributed by atoms with E-state index < -0.39 is 0 Å². The second kappa shape index (κ2) is 18.4. The Hall–Kier alpha value is -2.97. The topological polar surface area (TPSA) is 0 Å². The maximum atomic E-state index is 13.1. The quantitative estimate of drug-likeness (QED) is 0.207. The minimum atomic E-state index is -0.169. The number of rotatable bonds is 3. The lowest BCUT2D eigenvalue weighted by Crippen LogP contribution is -2.10. The predicted octanol–water partition coefficient (Wildman–Crippen LogP) is 13.7. The van der Waals surface area contributed by atoms with Crippen LogP contribution in [0, 0.1) is 27.9 Å². The first-order valence-electron chi connectivity index (χ1n) is 16.3. The summed E-state index contributed by atoms with van der Waals surface area (Å²) >= 11 is 6.03. The number of hydrogen-bond acceptors (Lipinski definition) is 0. The van der Waals surface area contributed by atoms with Crippen LogP contribution >= 0.6 is 11.6 Å². The van der Waals surface area contributed by atoms with Gasteiger partial charge in [0, 0.05) is 5.02 Å². The zero-order chi connectivity index (χ0) is 35.2. The molecule has 0 unspecified atom stereocenters. The Morgan fingerprint density at radius 3 is 1.30 bits per heavy atom. The van der Waals surface area contributed by atoms with Crippen molar-refractivity contribution < 1.29 is 8.78 Å².